The fourth-order valence-corrected chi connectivity index (χ4v) is 2.82. The van der Waals surface area contributed by atoms with Crippen molar-refractivity contribution >= 4 is 34.0 Å². The molecule has 0 radical (unpaired) electrons. The zero-order chi connectivity index (χ0) is 18.2. The first-order chi connectivity index (χ1) is 12.0. The van der Waals surface area contributed by atoms with E-state index in [0.29, 0.717) is 17.4 Å². The summed E-state index contributed by atoms with van der Waals surface area (Å²) in [6.45, 7) is 7.25. The van der Waals surface area contributed by atoms with E-state index in [2.05, 4.69) is 20.9 Å². The number of anilines is 2. The predicted octanol–water partition coefficient (Wildman–Crippen LogP) is 3.03. The molecule has 0 spiro atoms. The van der Waals surface area contributed by atoms with Gasteiger partial charge >= 0.3 is 0 Å². The molecule has 2 rings (SSSR count). The molecular weight excluding hydrogens is 336 g/mol. The summed E-state index contributed by atoms with van der Waals surface area (Å²) < 4.78 is 0. The second kappa shape index (κ2) is 9.29. The Labute approximate surface area is 152 Å². The van der Waals surface area contributed by atoms with E-state index in [0.717, 1.165) is 17.8 Å². The van der Waals surface area contributed by atoms with Gasteiger partial charge in [0.1, 0.15) is 0 Å². The van der Waals surface area contributed by atoms with Crippen molar-refractivity contribution in [1.29, 1.82) is 0 Å². The molecule has 1 aromatic carbocycles. The third-order valence-corrected chi connectivity index (χ3v) is 4.31. The van der Waals surface area contributed by atoms with E-state index in [9.17, 15) is 9.59 Å². The average molecular weight is 360 g/mol. The summed E-state index contributed by atoms with van der Waals surface area (Å²) in [5.74, 6) is -0.317. The maximum absolute atomic E-state index is 12.3. The number of nitrogens with zero attached hydrogens (tertiary/aromatic N) is 1. The molecule has 2 amide bonds. The molecule has 134 valence electrons. The number of rotatable bonds is 8. The van der Waals surface area contributed by atoms with Crippen LogP contribution in [0, 0.1) is 5.92 Å². The molecule has 25 heavy (non-hydrogen) atoms. The van der Waals surface area contributed by atoms with Gasteiger partial charge in [-0.3, -0.25) is 9.59 Å². The topological polar surface area (TPSA) is 83.1 Å². The van der Waals surface area contributed by atoms with Crippen LogP contribution in [0.1, 0.15) is 32.0 Å². The van der Waals surface area contributed by atoms with Gasteiger partial charge in [0.2, 0.25) is 11.8 Å². The number of para-hydroxylation sites is 1. The van der Waals surface area contributed by atoms with Crippen LogP contribution in [0.15, 0.2) is 29.6 Å². The molecule has 0 aliphatic heterocycles. The third-order valence-electron chi connectivity index (χ3n) is 3.50. The molecule has 0 aliphatic rings. The Bertz CT molecular complexity index is 727. The highest BCUT2D eigenvalue weighted by atomic mass is 32.1. The van der Waals surface area contributed by atoms with E-state index in [-0.39, 0.29) is 24.2 Å². The molecular formula is C18H24N4O2S. The zero-order valence-electron chi connectivity index (χ0n) is 14.8. The summed E-state index contributed by atoms with van der Waals surface area (Å²) in [4.78, 5) is 28.3. The minimum absolute atomic E-state index is 0.0808. The molecule has 0 bridgehead atoms. The molecule has 0 aliphatic carbocycles. The fraction of sp³-hybridized carbons (Fsp3) is 0.389. The van der Waals surface area contributed by atoms with E-state index in [4.69, 9.17) is 0 Å². The first-order valence-corrected chi connectivity index (χ1v) is 9.21. The van der Waals surface area contributed by atoms with Crippen LogP contribution < -0.4 is 16.0 Å². The lowest BCUT2D eigenvalue weighted by Gasteiger charge is -2.11. The van der Waals surface area contributed by atoms with Crippen molar-refractivity contribution in [2.24, 2.45) is 5.92 Å². The molecule has 1 heterocycles. The van der Waals surface area contributed by atoms with Crippen molar-refractivity contribution in [2.75, 3.05) is 17.2 Å². The monoisotopic (exact) mass is 360 g/mol. The molecule has 1 aromatic heterocycles. The average Bonchev–Trinajstić information content (AvgIpc) is 3.00. The normalized spacial score (nSPS) is 10.7. The SMILES string of the molecule is CCNCc1ccccc1NC(=O)Cc1csc(NC(=O)C(C)C)n1. The highest BCUT2D eigenvalue weighted by Gasteiger charge is 2.13. The van der Waals surface area contributed by atoms with Crippen LogP contribution >= 0.6 is 11.3 Å². The van der Waals surface area contributed by atoms with Crippen LogP contribution in [0.3, 0.4) is 0 Å². The fourth-order valence-electron chi connectivity index (χ4n) is 2.11. The minimum Gasteiger partial charge on any atom is -0.325 e. The Morgan fingerprint density at radius 3 is 2.68 bits per heavy atom. The van der Waals surface area contributed by atoms with Gasteiger partial charge in [0, 0.05) is 23.5 Å². The summed E-state index contributed by atoms with van der Waals surface area (Å²) >= 11 is 1.32. The first-order valence-electron chi connectivity index (χ1n) is 8.33. The van der Waals surface area contributed by atoms with E-state index >= 15 is 0 Å². The second-order valence-corrected chi connectivity index (χ2v) is 6.81. The number of carbonyl (C=O) groups excluding carboxylic acids is 2. The van der Waals surface area contributed by atoms with Crippen LogP contribution in [-0.2, 0) is 22.6 Å². The first kappa shape index (κ1) is 19.1. The lowest BCUT2D eigenvalue weighted by atomic mass is 10.1. The predicted molar refractivity (Wildman–Crippen MR) is 102 cm³/mol. The summed E-state index contributed by atoms with van der Waals surface area (Å²) in [7, 11) is 0. The molecule has 0 fully saturated rings. The van der Waals surface area contributed by atoms with Gasteiger partial charge in [-0.05, 0) is 18.2 Å². The molecule has 0 atom stereocenters. The van der Waals surface area contributed by atoms with Crippen molar-refractivity contribution in [3.8, 4) is 0 Å². The number of aromatic nitrogens is 1. The van der Waals surface area contributed by atoms with Gasteiger partial charge in [0.05, 0.1) is 12.1 Å². The van der Waals surface area contributed by atoms with Gasteiger partial charge in [-0.15, -0.1) is 11.3 Å². The number of hydrogen-bond donors (Lipinski definition) is 3. The molecule has 7 heteroatoms. The van der Waals surface area contributed by atoms with E-state index in [1.807, 2.05) is 45.0 Å². The van der Waals surface area contributed by atoms with Crippen LogP contribution in [-0.4, -0.2) is 23.3 Å². The Hall–Kier alpha value is -2.25. The maximum Gasteiger partial charge on any atom is 0.230 e. The maximum atomic E-state index is 12.3. The van der Waals surface area contributed by atoms with Gasteiger partial charge in [0.15, 0.2) is 5.13 Å². The van der Waals surface area contributed by atoms with E-state index in [1.165, 1.54) is 11.3 Å². The lowest BCUT2D eigenvalue weighted by molar-refractivity contribution is -0.119. The Balaban J connectivity index is 1.95. The third kappa shape index (κ3) is 5.95. The van der Waals surface area contributed by atoms with Crippen LogP contribution in [0.25, 0.3) is 0 Å². The van der Waals surface area contributed by atoms with Crippen LogP contribution in [0.4, 0.5) is 10.8 Å². The number of hydrogen-bond acceptors (Lipinski definition) is 5. The molecule has 6 nitrogen and oxygen atoms in total. The highest BCUT2D eigenvalue weighted by Crippen LogP contribution is 2.18. The van der Waals surface area contributed by atoms with Crippen molar-refractivity contribution in [3.05, 3.63) is 40.9 Å². The molecule has 0 saturated heterocycles. The van der Waals surface area contributed by atoms with Crippen LogP contribution in [0.2, 0.25) is 0 Å². The summed E-state index contributed by atoms with van der Waals surface area (Å²) in [6.07, 6.45) is 0.170. The minimum atomic E-state index is -0.129. The Morgan fingerprint density at radius 2 is 1.96 bits per heavy atom. The van der Waals surface area contributed by atoms with Crippen LogP contribution in [0.5, 0.6) is 0 Å². The van der Waals surface area contributed by atoms with Crippen molar-refractivity contribution in [2.45, 2.75) is 33.7 Å². The second-order valence-electron chi connectivity index (χ2n) is 5.95. The summed E-state index contributed by atoms with van der Waals surface area (Å²) in [6, 6.07) is 7.72. The van der Waals surface area contributed by atoms with E-state index < -0.39 is 0 Å². The number of carbonyl (C=O) groups is 2. The van der Waals surface area contributed by atoms with Gasteiger partial charge in [0.25, 0.3) is 0 Å². The quantitative estimate of drug-likeness (QED) is 0.676. The van der Waals surface area contributed by atoms with Crippen molar-refractivity contribution in [3.63, 3.8) is 0 Å². The Morgan fingerprint density at radius 1 is 1.20 bits per heavy atom. The molecule has 0 unspecified atom stereocenters. The highest BCUT2D eigenvalue weighted by molar-refractivity contribution is 7.13. The number of nitrogens with one attached hydrogen (secondary N) is 3. The van der Waals surface area contributed by atoms with Crippen molar-refractivity contribution in [1.82, 2.24) is 10.3 Å². The van der Waals surface area contributed by atoms with Gasteiger partial charge < -0.3 is 16.0 Å². The summed E-state index contributed by atoms with van der Waals surface area (Å²) in [5.41, 5.74) is 2.49. The van der Waals surface area contributed by atoms with Gasteiger partial charge in [-0.2, -0.15) is 0 Å². The summed E-state index contributed by atoms with van der Waals surface area (Å²) in [5, 5.41) is 11.3. The van der Waals surface area contributed by atoms with E-state index in [1.54, 1.807) is 5.38 Å². The zero-order valence-corrected chi connectivity index (χ0v) is 15.6. The Kier molecular flexibility index (Phi) is 7.09. The van der Waals surface area contributed by atoms with Gasteiger partial charge in [-0.25, -0.2) is 4.98 Å². The largest absolute Gasteiger partial charge is 0.325 e. The molecule has 3 N–H and O–H groups in total. The molecule has 0 saturated carbocycles. The number of amides is 2. The molecule has 2 aromatic rings. The number of thiazole rings is 1. The van der Waals surface area contributed by atoms with Crippen molar-refractivity contribution < 1.29 is 9.59 Å². The lowest BCUT2D eigenvalue weighted by Crippen LogP contribution is -2.19. The number of benzene rings is 1. The van der Waals surface area contributed by atoms with Gasteiger partial charge in [-0.1, -0.05) is 39.0 Å². The standard InChI is InChI=1S/C18H24N4O2S/c1-4-19-10-13-7-5-6-8-15(13)21-16(23)9-14-11-25-18(20-14)22-17(24)12(2)3/h5-8,11-12,19H,4,9-10H2,1-3H3,(H,21,23)(H,20,22,24). The smallest absolute Gasteiger partial charge is 0.230 e.